The number of thioether (sulfide) groups is 1. The van der Waals surface area contributed by atoms with E-state index in [0.717, 1.165) is 0 Å². The van der Waals surface area contributed by atoms with E-state index in [1.165, 1.54) is 40.9 Å². The zero-order valence-electron chi connectivity index (χ0n) is 18.6. The van der Waals surface area contributed by atoms with Gasteiger partial charge < -0.3 is 10.1 Å². The zero-order valence-corrected chi connectivity index (χ0v) is 19.4. The number of hydrazone groups is 1. The number of nitriles is 1. The molecule has 4 rings (SSSR count). The molecule has 1 aliphatic rings. The summed E-state index contributed by atoms with van der Waals surface area (Å²) in [6, 6.07) is 14.8. The Morgan fingerprint density at radius 2 is 1.91 bits per heavy atom. The monoisotopic (exact) mass is 490 g/mol. The Morgan fingerprint density at radius 3 is 2.54 bits per heavy atom. The van der Waals surface area contributed by atoms with E-state index in [-0.39, 0.29) is 34.7 Å². The normalized spacial score (nSPS) is 14.0. The van der Waals surface area contributed by atoms with E-state index in [1.54, 1.807) is 38.3 Å². The third kappa shape index (κ3) is 5.12. The van der Waals surface area contributed by atoms with E-state index >= 15 is 0 Å². The fraction of sp³-hybridized carbons (Fsp3) is 0.136. The number of methoxy groups -OCH3 is 1. The first kappa shape index (κ1) is 23.5. The number of nitro groups is 1. The molecule has 1 fully saturated rings. The third-order valence-electron chi connectivity index (χ3n) is 4.89. The van der Waals surface area contributed by atoms with Gasteiger partial charge in [-0.05, 0) is 43.3 Å². The Morgan fingerprint density at radius 1 is 1.20 bits per heavy atom. The highest BCUT2D eigenvalue weighted by Gasteiger charge is 2.30. The van der Waals surface area contributed by atoms with Crippen LogP contribution in [0.3, 0.4) is 0 Å². The average molecular weight is 491 g/mol. The number of nitrogens with one attached hydrogen (secondary N) is 2. The number of amidine groups is 1. The maximum absolute atomic E-state index is 12.4. The number of anilines is 4. The molecule has 0 spiro atoms. The molecule has 1 aliphatic heterocycles. The van der Waals surface area contributed by atoms with Gasteiger partial charge in [0.05, 0.1) is 29.2 Å². The predicted molar refractivity (Wildman–Crippen MR) is 132 cm³/mol. The summed E-state index contributed by atoms with van der Waals surface area (Å²) in [4.78, 5) is 32.8. The molecule has 1 aromatic heterocycles. The maximum atomic E-state index is 12.4. The summed E-state index contributed by atoms with van der Waals surface area (Å²) in [6.45, 7) is 1.68. The largest absolute Gasteiger partial charge is 0.497 e. The van der Waals surface area contributed by atoms with Gasteiger partial charge in [-0.3, -0.25) is 19.8 Å². The van der Waals surface area contributed by atoms with Crippen LogP contribution in [0.25, 0.3) is 0 Å². The van der Waals surface area contributed by atoms with Crippen LogP contribution in [0.4, 0.5) is 28.8 Å². The van der Waals surface area contributed by atoms with Gasteiger partial charge in [0.25, 0.3) is 5.69 Å². The molecule has 1 saturated heterocycles. The molecule has 0 aliphatic carbocycles. The van der Waals surface area contributed by atoms with Crippen molar-refractivity contribution in [2.24, 2.45) is 5.10 Å². The number of carbonyl (C=O) groups is 1. The summed E-state index contributed by atoms with van der Waals surface area (Å²) in [7, 11) is 1.57. The van der Waals surface area contributed by atoms with Crippen LogP contribution in [0.15, 0.2) is 53.6 Å². The van der Waals surface area contributed by atoms with Gasteiger partial charge in [-0.15, -0.1) is 5.10 Å². The van der Waals surface area contributed by atoms with Crippen LogP contribution >= 0.6 is 11.8 Å². The van der Waals surface area contributed by atoms with Crippen LogP contribution in [0, 0.1) is 28.4 Å². The Hall–Kier alpha value is -4.70. The van der Waals surface area contributed by atoms with E-state index < -0.39 is 4.92 Å². The summed E-state index contributed by atoms with van der Waals surface area (Å²) in [6.07, 6.45) is 0. The highest BCUT2D eigenvalue weighted by molar-refractivity contribution is 8.15. The van der Waals surface area contributed by atoms with Crippen molar-refractivity contribution in [3.05, 3.63) is 69.9 Å². The molecule has 2 heterocycles. The Kier molecular flexibility index (Phi) is 6.74. The molecule has 0 unspecified atom stereocenters. The Balaban J connectivity index is 1.59. The van der Waals surface area contributed by atoms with Crippen molar-refractivity contribution in [3.63, 3.8) is 0 Å². The number of carbonyl (C=O) groups excluding carboxylic acids is 1. The number of benzene rings is 2. The Labute approximate surface area is 203 Å². The number of hydrogen-bond donors (Lipinski definition) is 2. The standard InChI is InChI=1S/C22H18N8O4S/c1-13-18(11-23)20(25-14-3-9-17(34-2)10-4-14)26-21(24-13)27-28-22-29(19(31)12-35-22)15-5-7-16(8-6-15)30(32)33/h3-10H,12H2,1-2H3,(H2,24,25,26,27). The van der Waals surface area contributed by atoms with Gasteiger partial charge in [-0.2, -0.15) is 10.2 Å². The van der Waals surface area contributed by atoms with Crippen LogP contribution in [0.1, 0.15) is 11.3 Å². The minimum atomic E-state index is -0.511. The highest BCUT2D eigenvalue weighted by Crippen LogP contribution is 2.29. The quantitative estimate of drug-likeness (QED) is 0.368. The summed E-state index contributed by atoms with van der Waals surface area (Å²) in [5.74, 6) is 1.04. The lowest BCUT2D eigenvalue weighted by Crippen LogP contribution is -2.29. The lowest BCUT2D eigenvalue weighted by molar-refractivity contribution is -0.384. The molecular formula is C22H18N8O4S. The number of ether oxygens (including phenoxy) is 1. The minimum Gasteiger partial charge on any atom is -0.497 e. The molecule has 12 nitrogen and oxygen atoms in total. The van der Waals surface area contributed by atoms with E-state index in [1.807, 2.05) is 0 Å². The SMILES string of the molecule is COc1ccc(Nc2nc(NN=C3SCC(=O)N3c3ccc([N+](=O)[O-])cc3)nc(C)c2C#N)cc1. The number of hydrogen-bond acceptors (Lipinski definition) is 11. The van der Waals surface area contributed by atoms with Crippen molar-refractivity contribution >= 4 is 51.7 Å². The number of nitro benzene ring substituents is 1. The second-order valence-corrected chi connectivity index (χ2v) is 8.06. The second kappa shape index (κ2) is 10.1. The third-order valence-corrected chi connectivity index (χ3v) is 5.81. The summed E-state index contributed by atoms with van der Waals surface area (Å²) < 4.78 is 5.16. The summed E-state index contributed by atoms with van der Waals surface area (Å²) in [5.41, 5.74) is 4.52. The fourth-order valence-corrected chi connectivity index (χ4v) is 4.01. The van der Waals surface area contributed by atoms with Crippen molar-refractivity contribution in [2.75, 3.05) is 28.5 Å². The molecule has 1 amide bonds. The van der Waals surface area contributed by atoms with Crippen LogP contribution in [-0.2, 0) is 4.79 Å². The van der Waals surface area contributed by atoms with Crippen molar-refractivity contribution in [3.8, 4) is 11.8 Å². The Bertz CT molecular complexity index is 1350. The lowest BCUT2D eigenvalue weighted by atomic mass is 10.2. The van der Waals surface area contributed by atoms with Crippen LogP contribution in [0.2, 0.25) is 0 Å². The van der Waals surface area contributed by atoms with E-state index in [2.05, 4.69) is 31.9 Å². The minimum absolute atomic E-state index is 0.0805. The number of rotatable bonds is 7. The van der Waals surface area contributed by atoms with Crippen molar-refractivity contribution in [1.29, 1.82) is 5.26 Å². The number of aromatic nitrogens is 2. The van der Waals surface area contributed by atoms with Crippen LogP contribution < -0.4 is 20.4 Å². The van der Waals surface area contributed by atoms with Gasteiger partial charge in [0.2, 0.25) is 11.9 Å². The molecule has 176 valence electrons. The molecule has 0 atom stereocenters. The van der Waals surface area contributed by atoms with Gasteiger partial charge in [0.1, 0.15) is 17.4 Å². The zero-order chi connectivity index (χ0) is 24.9. The van der Waals surface area contributed by atoms with Gasteiger partial charge >= 0.3 is 0 Å². The van der Waals surface area contributed by atoms with Gasteiger partial charge in [0.15, 0.2) is 11.0 Å². The molecule has 2 aromatic carbocycles. The molecule has 35 heavy (non-hydrogen) atoms. The first-order valence-corrected chi connectivity index (χ1v) is 11.1. The van der Waals surface area contributed by atoms with Crippen molar-refractivity contribution in [1.82, 2.24) is 9.97 Å². The number of aryl methyl sites for hydroxylation is 1. The molecule has 13 heteroatoms. The molecule has 0 bridgehead atoms. The lowest BCUT2D eigenvalue weighted by Gasteiger charge is -2.16. The second-order valence-electron chi connectivity index (χ2n) is 7.12. The van der Waals surface area contributed by atoms with Crippen molar-refractivity contribution in [2.45, 2.75) is 6.92 Å². The first-order valence-electron chi connectivity index (χ1n) is 10.1. The van der Waals surface area contributed by atoms with Gasteiger partial charge in [-0.25, -0.2) is 10.4 Å². The topological polar surface area (TPSA) is 159 Å². The van der Waals surface area contributed by atoms with Crippen LogP contribution in [0.5, 0.6) is 5.75 Å². The number of non-ortho nitro benzene ring substituents is 1. The fourth-order valence-electron chi connectivity index (χ4n) is 3.18. The van der Waals surface area contributed by atoms with Crippen LogP contribution in [-0.4, -0.2) is 38.8 Å². The van der Waals surface area contributed by atoms with Crippen molar-refractivity contribution < 1.29 is 14.5 Å². The highest BCUT2D eigenvalue weighted by atomic mass is 32.2. The molecule has 0 radical (unpaired) electrons. The first-order chi connectivity index (χ1) is 16.9. The summed E-state index contributed by atoms with van der Waals surface area (Å²) >= 11 is 1.20. The van der Waals surface area contributed by atoms with E-state index in [9.17, 15) is 20.2 Å². The number of amides is 1. The molecule has 0 saturated carbocycles. The molecular weight excluding hydrogens is 472 g/mol. The summed E-state index contributed by atoms with van der Waals surface area (Å²) in [5, 5.41) is 28.2. The number of nitrogens with zero attached hydrogens (tertiary/aromatic N) is 6. The maximum Gasteiger partial charge on any atom is 0.269 e. The smallest absolute Gasteiger partial charge is 0.269 e. The average Bonchev–Trinajstić information content (AvgIpc) is 3.23. The molecule has 2 N–H and O–H groups in total. The van der Waals surface area contributed by atoms with Gasteiger partial charge in [-0.1, -0.05) is 11.8 Å². The van der Waals surface area contributed by atoms with E-state index in [4.69, 9.17) is 4.74 Å². The van der Waals surface area contributed by atoms with Gasteiger partial charge in [0, 0.05) is 17.8 Å². The predicted octanol–water partition coefficient (Wildman–Crippen LogP) is 3.78. The van der Waals surface area contributed by atoms with E-state index in [0.29, 0.717) is 28.0 Å². The molecule has 3 aromatic rings.